The van der Waals surface area contributed by atoms with Gasteiger partial charge in [0.05, 0.1) is 17.6 Å². The minimum Gasteiger partial charge on any atom is -0.244 e. The van der Waals surface area contributed by atoms with E-state index in [1.54, 1.807) is 12.4 Å². The molecule has 15 heavy (non-hydrogen) atoms. The first kappa shape index (κ1) is 9.09. The van der Waals surface area contributed by atoms with Crippen LogP contribution < -0.4 is 0 Å². The Morgan fingerprint density at radius 1 is 1.47 bits per heavy atom. The normalized spacial score (nSPS) is 18.3. The van der Waals surface area contributed by atoms with E-state index in [2.05, 4.69) is 22.0 Å². The van der Waals surface area contributed by atoms with Gasteiger partial charge in [0.15, 0.2) is 5.65 Å². The lowest BCUT2D eigenvalue weighted by Crippen LogP contribution is -2.09. The predicted octanol–water partition coefficient (Wildman–Crippen LogP) is 2.45. The summed E-state index contributed by atoms with van der Waals surface area (Å²) in [6.07, 6.45) is 6.10. The van der Waals surface area contributed by atoms with Crippen molar-refractivity contribution < 1.29 is 0 Å². The molecular weight excluding hydrogens is 212 g/mol. The summed E-state index contributed by atoms with van der Waals surface area (Å²) in [6.45, 7) is 2.18. The van der Waals surface area contributed by atoms with E-state index in [1.165, 1.54) is 12.8 Å². The van der Waals surface area contributed by atoms with Gasteiger partial charge in [-0.1, -0.05) is 0 Å². The van der Waals surface area contributed by atoms with Crippen LogP contribution in [0.25, 0.3) is 11.0 Å². The summed E-state index contributed by atoms with van der Waals surface area (Å²) in [7, 11) is 0. The van der Waals surface area contributed by atoms with Crippen LogP contribution in [-0.4, -0.2) is 19.7 Å². The molecule has 0 spiro atoms. The number of rotatable bonds is 2. The number of nitrogens with zero attached hydrogens (tertiary/aromatic N) is 4. The number of hydrogen-bond donors (Lipinski definition) is 0. The van der Waals surface area contributed by atoms with E-state index in [-0.39, 0.29) is 5.28 Å². The van der Waals surface area contributed by atoms with Crippen molar-refractivity contribution in [3.05, 3.63) is 17.7 Å². The molecule has 78 valence electrons. The summed E-state index contributed by atoms with van der Waals surface area (Å²) in [5, 5.41) is 5.59. The van der Waals surface area contributed by atoms with E-state index >= 15 is 0 Å². The maximum Gasteiger partial charge on any atom is 0.224 e. The Hall–Kier alpha value is -1.16. The zero-order valence-electron chi connectivity index (χ0n) is 8.39. The first-order chi connectivity index (χ1) is 7.25. The van der Waals surface area contributed by atoms with Crippen LogP contribution in [0.1, 0.15) is 25.8 Å². The van der Waals surface area contributed by atoms with E-state index in [0.29, 0.717) is 6.04 Å². The van der Waals surface area contributed by atoms with Crippen LogP contribution in [0.2, 0.25) is 5.28 Å². The van der Waals surface area contributed by atoms with Gasteiger partial charge in [0.1, 0.15) is 0 Å². The molecule has 0 aliphatic heterocycles. The summed E-state index contributed by atoms with van der Waals surface area (Å²) in [5.74, 6) is 0.752. The van der Waals surface area contributed by atoms with Crippen molar-refractivity contribution in [1.29, 1.82) is 0 Å². The monoisotopic (exact) mass is 222 g/mol. The molecule has 5 heteroatoms. The summed E-state index contributed by atoms with van der Waals surface area (Å²) in [6, 6.07) is 0.411. The molecular formula is C10H11ClN4. The lowest BCUT2D eigenvalue weighted by atomic mass is 10.2. The Kier molecular flexibility index (Phi) is 1.92. The van der Waals surface area contributed by atoms with Crippen molar-refractivity contribution in [2.24, 2.45) is 5.92 Å². The molecule has 1 aliphatic carbocycles. The SMILES string of the molecule is CC(C1CC1)n1ncc2cnc(Cl)nc21. The van der Waals surface area contributed by atoms with Gasteiger partial charge < -0.3 is 0 Å². The molecule has 1 saturated carbocycles. The van der Waals surface area contributed by atoms with Crippen LogP contribution in [0.15, 0.2) is 12.4 Å². The Morgan fingerprint density at radius 3 is 3.00 bits per heavy atom. The van der Waals surface area contributed by atoms with Crippen molar-refractivity contribution in [2.45, 2.75) is 25.8 Å². The van der Waals surface area contributed by atoms with Crippen molar-refractivity contribution in [3.8, 4) is 0 Å². The van der Waals surface area contributed by atoms with E-state index in [1.807, 2.05) is 4.68 Å². The van der Waals surface area contributed by atoms with Crippen molar-refractivity contribution >= 4 is 22.6 Å². The van der Waals surface area contributed by atoms with Gasteiger partial charge in [0.25, 0.3) is 0 Å². The second-order valence-corrected chi connectivity index (χ2v) is 4.42. The molecule has 1 atom stereocenters. The number of hydrogen-bond acceptors (Lipinski definition) is 3. The lowest BCUT2D eigenvalue weighted by Gasteiger charge is -2.10. The maximum absolute atomic E-state index is 5.78. The molecule has 3 rings (SSSR count). The van der Waals surface area contributed by atoms with Gasteiger partial charge in [0, 0.05) is 6.20 Å². The highest BCUT2D eigenvalue weighted by Crippen LogP contribution is 2.39. The third-order valence-electron chi connectivity index (χ3n) is 2.99. The molecule has 4 nitrogen and oxygen atoms in total. The molecule has 0 saturated heterocycles. The van der Waals surface area contributed by atoms with Crippen LogP contribution in [0, 0.1) is 5.92 Å². The number of fused-ring (bicyclic) bond motifs is 1. The third-order valence-corrected chi connectivity index (χ3v) is 3.18. The Bertz CT molecular complexity index is 503. The van der Waals surface area contributed by atoms with Crippen LogP contribution in [-0.2, 0) is 0 Å². The fourth-order valence-corrected chi connectivity index (χ4v) is 2.02. The second kappa shape index (κ2) is 3.17. The third kappa shape index (κ3) is 1.49. The van der Waals surface area contributed by atoms with Gasteiger partial charge in [0.2, 0.25) is 5.28 Å². The largest absolute Gasteiger partial charge is 0.244 e. The van der Waals surface area contributed by atoms with Gasteiger partial charge >= 0.3 is 0 Å². The Morgan fingerprint density at radius 2 is 2.27 bits per heavy atom. The zero-order chi connectivity index (χ0) is 10.4. The second-order valence-electron chi connectivity index (χ2n) is 4.09. The molecule has 0 amide bonds. The zero-order valence-corrected chi connectivity index (χ0v) is 9.15. The molecule has 2 aromatic heterocycles. The topological polar surface area (TPSA) is 43.6 Å². The molecule has 0 radical (unpaired) electrons. The lowest BCUT2D eigenvalue weighted by molar-refractivity contribution is 0.450. The fourth-order valence-electron chi connectivity index (χ4n) is 1.89. The minimum absolute atomic E-state index is 0.284. The smallest absolute Gasteiger partial charge is 0.224 e. The Labute approximate surface area is 92.3 Å². The van der Waals surface area contributed by atoms with Crippen LogP contribution in [0.5, 0.6) is 0 Å². The van der Waals surface area contributed by atoms with Gasteiger partial charge in [-0.05, 0) is 37.3 Å². The summed E-state index contributed by atoms with van der Waals surface area (Å²) in [4.78, 5) is 8.16. The van der Waals surface area contributed by atoms with Crippen molar-refractivity contribution in [1.82, 2.24) is 19.7 Å². The molecule has 1 fully saturated rings. The van der Waals surface area contributed by atoms with E-state index in [0.717, 1.165) is 17.0 Å². The summed E-state index contributed by atoms with van der Waals surface area (Å²) >= 11 is 5.78. The van der Waals surface area contributed by atoms with E-state index in [4.69, 9.17) is 11.6 Å². The minimum atomic E-state index is 0.284. The molecule has 1 aliphatic rings. The van der Waals surface area contributed by atoms with Gasteiger partial charge in [-0.25, -0.2) is 9.67 Å². The highest BCUT2D eigenvalue weighted by Gasteiger charge is 2.30. The quantitative estimate of drug-likeness (QED) is 0.734. The summed E-state index contributed by atoms with van der Waals surface area (Å²) in [5.41, 5.74) is 0.842. The van der Waals surface area contributed by atoms with Crippen LogP contribution in [0.3, 0.4) is 0 Å². The molecule has 2 heterocycles. The number of aromatic nitrogens is 4. The molecule has 0 bridgehead atoms. The van der Waals surface area contributed by atoms with Gasteiger partial charge in [-0.15, -0.1) is 0 Å². The van der Waals surface area contributed by atoms with E-state index < -0.39 is 0 Å². The van der Waals surface area contributed by atoms with Crippen LogP contribution >= 0.6 is 11.6 Å². The average molecular weight is 223 g/mol. The van der Waals surface area contributed by atoms with Gasteiger partial charge in [-0.2, -0.15) is 10.1 Å². The number of halogens is 1. The van der Waals surface area contributed by atoms with Crippen molar-refractivity contribution in [3.63, 3.8) is 0 Å². The van der Waals surface area contributed by atoms with Crippen LogP contribution in [0.4, 0.5) is 0 Å². The average Bonchev–Trinajstić information content (AvgIpc) is 2.98. The van der Waals surface area contributed by atoms with Crippen molar-refractivity contribution in [2.75, 3.05) is 0 Å². The molecule has 0 N–H and O–H groups in total. The fraction of sp³-hybridized carbons (Fsp3) is 0.500. The molecule has 2 aromatic rings. The predicted molar refractivity (Wildman–Crippen MR) is 57.8 cm³/mol. The molecule has 1 unspecified atom stereocenters. The molecule has 0 aromatic carbocycles. The highest BCUT2D eigenvalue weighted by molar-refractivity contribution is 6.28. The Balaban J connectivity index is 2.13. The standard InChI is InChI=1S/C10H11ClN4/c1-6(7-2-3-7)15-9-8(5-13-15)4-12-10(11)14-9/h4-7H,2-3H2,1H3. The first-order valence-electron chi connectivity index (χ1n) is 5.11. The maximum atomic E-state index is 5.78. The van der Waals surface area contributed by atoms with E-state index in [9.17, 15) is 0 Å². The highest BCUT2D eigenvalue weighted by atomic mass is 35.5. The summed E-state index contributed by atoms with van der Waals surface area (Å²) < 4.78 is 1.96. The van der Waals surface area contributed by atoms with Gasteiger partial charge in [-0.3, -0.25) is 0 Å². The first-order valence-corrected chi connectivity index (χ1v) is 5.49.